The van der Waals surface area contributed by atoms with Gasteiger partial charge in [-0.05, 0) is 31.5 Å². The molecule has 1 aromatic carbocycles. The first-order chi connectivity index (χ1) is 7.19. The second kappa shape index (κ2) is 5.73. The van der Waals surface area contributed by atoms with Crippen LogP contribution >= 0.6 is 0 Å². The van der Waals surface area contributed by atoms with Crippen LogP contribution in [0, 0.1) is 0 Å². The summed E-state index contributed by atoms with van der Waals surface area (Å²) < 4.78 is 10.6. The van der Waals surface area contributed by atoms with Gasteiger partial charge in [-0.3, -0.25) is 0 Å². The smallest absolute Gasteiger partial charge is 0.124 e. The molecule has 1 rings (SSSR count). The minimum atomic E-state index is -0.462. The number of aliphatic hydroxyl groups excluding tert-OH is 1. The third-order valence-corrected chi connectivity index (χ3v) is 2.17. The molecule has 0 spiro atoms. The Kier molecular flexibility index (Phi) is 4.59. The Morgan fingerprint density at radius 3 is 2.67 bits per heavy atom. The number of methoxy groups -OCH3 is 1. The van der Waals surface area contributed by atoms with Gasteiger partial charge in [0.1, 0.15) is 5.75 Å². The molecule has 0 aliphatic carbocycles. The van der Waals surface area contributed by atoms with Gasteiger partial charge in [0.2, 0.25) is 0 Å². The van der Waals surface area contributed by atoms with Crippen LogP contribution in [0.1, 0.15) is 31.1 Å². The van der Waals surface area contributed by atoms with Crippen molar-refractivity contribution < 1.29 is 14.6 Å². The van der Waals surface area contributed by atoms with Gasteiger partial charge in [0, 0.05) is 12.7 Å². The first-order valence-corrected chi connectivity index (χ1v) is 5.11. The Balaban J connectivity index is 2.97. The quantitative estimate of drug-likeness (QED) is 0.810. The van der Waals surface area contributed by atoms with Crippen molar-refractivity contribution in [2.75, 3.05) is 13.7 Å². The lowest BCUT2D eigenvalue weighted by atomic mass is 10.1. The van der Waals surface area contributed by atoms with Crippen LogP contribution in [0.3, 0.4) is 0 Å². The van der Waals surface area contributed by atoms with Gasteiger partial charge >= 0.3 is 0 Å². The van der Waals surface area contributed by atoms with Gasteiger partial charge in [-0.15, -0.1) is 0 Å². The largest absolute Gasteiger partial charge is 0.494 e. The molecule has 0 fully saturated rings. The van der Waals surface area contributed by atoms with E-state index in [9.17, 15) is 5.11 Å². The van der Waals surface area contributed by atoms with E-state index in [1.807, 2.05) is 25.1 Å². The Bertz CT molecular complexity index is 308. The van der Waals surface area contributed by atoms with Crippen molar-refractivity contribution in [3.05, 3.63) is 29.3 Å². The highest BCUT2D eigenvalue weighted by Gasteiger charge is 2.07. The van der Waals surface area contributed by atoms with Crippen molar-refractivity contribution >= 4 is 0 Å². The van der Waals surface area contributed by atoms with Crippen LogP contribution in [0.25, 0.3) is 0 Å². The van der Waals surface area contributed by atoms with Gasteiger partial charge in [-0.1, -0.05) is 6.07 Å². The van der Waals surface area contributed by atoms with Crippen LogP contribution in [0.15, 0.2) is 18.2 Å². The third-order valence-electron chi connectivity index (χ3n) is 2.17. The van der Waals surface area contributed by atoms with Crippen LogP contribution in [-0.4, -0.2) is 18.8 Å². The zero-order valence-corrected chi connectivity index (χ0v) is 9.49. The fourth-order valence-electron chi connectivity index (χ4n) is 1.42. The van der Waals surface area contributed by atoms with Gasteiger partial charge in [0.25, 0.3) is 0 Å². The lowest BCUT2D eigenvalue weighted by Crippen LogP contribution is -2.00. The molecule has 0 aliphatic rings. The summed E-state index contributed by atoms with van der Waals surface area (Å²) in [5.41, 5.74) is 1.85. The van der Waals surface area contributed by atoms with E-state index in [1.165, 1.54) is 0 Å². The number of hydrogen-bond acceptors (Lipinski definition) is 3. The minimum Gasteiger partial charge on any atom is -0.494 e. The molecule has 1 N–H and O–H groups in total. The number of rotatable bonds is 5. The van der Waals surface area contributed by atoms with Crippen molar-refractivity contribution in [2.24, 2.45) is 0 Å². The molecular weight excluding hydrogens is 192 g/mol. The van der Waals surface area contributed by atoms with Crippen molar-refractivity contribution in [1.82, 2.24) is 0 Å². The standard InChI is InChI=1S/C12H18O3/c1-4-15-12-6-5-10(9(2)13)7-11(12)8-14-3/h5-7,9,13H,4,8H2,1-3H3. The number of benzene rings is 1. The van der Waals surface area contributed by atoms with Gasteiger partial charge < -0.3 is 14.6 Å². The third kappa shape index (κ3) is 3.22. The second-order valence-corrected chi connectivity index (χ2v) is 3.41. The molecule has 0 saturated heterocycles. The summed E-state index contributed by atoms with van der Waals surface area (Å²) in [5, 5.41) is 9.46. The summed E-state index contributed by atoms with van der Waals surface area (Å²) in [6.45, 7) is 4.81. The SMILES string of the molecule is CCOc1ccc(C(C)O)cc1COC. The Morgan fingerprint density at radius 2 is 2.13 bits per heavy atom. The number of hydrogen-bond donors (Lipinski definition) is 1. The van der Waals surface area contributed by atoms with Crippen LogP contribution < -0.4 is 4.74 Å². The van der Waals surface area contributed by atoms with Gasteiger partial charge in [0.15, 0.2) is 0 Å². The van der Waals surface area contributed by atoms with Gasteiger partial charge in [-0.2, -0.15) is 0 Å². The highest BCUT2D eigenvalue weighted by molar-refractivity contribution is 5.37. The maximum absolute atomic E-state index is 9.46. The second-order valence-electron chi connectivity index (χ2n) is 3.41. The zero-order valence-electron chi connectivity index (χ0n) is 9.49. The van der Waals surface area contributed by atoms with Crippen LogP contribution in [0.4, 0.5) is 0 Å². The highest BCUT2D eigenvalue weighted by atomic mass is 16.5. The Hall–Kier alpha value is -1.06. The minimum absolute atomic E-state index is 0.462. The summed E-state index contributed by atoms with van der Waals surface area (Å²) in [4.78, 5) is 0. The molecule has 3 heteroatoms. The summed E-state index contributed by atoms with van der Waals surface area (Å²) in [6, 6.07) is 5.66. The molecule has 0 aliphatic heterocycles. The molecule has 1 aromatic rings. The van der Waals surface area contributed by atoms with E-state index in [0.717, 1.165) is 16.9 Å². The van der Waals surface area contributed by atoms with E-state index in [4.69, 9.17) is 9.47 Å². The highest BCUT2D eigenvalue weighted by Crippen LogP contribution is 2.24. The fourth-order valence-corrected chi connectivity index (χ4v) is 1.42. The normalized spacial score (nSPS) is 12.5. The van der Waals surface area contributed by atoms with Gasteiger partial charge in [-0.25, -0.2) is 0 Å². The number of ether oxygens (including phenoxy) is 2. The summed E-state index contributed by atoms with van der Waals surface area (Å²) in [6.07, 6.45) is -0.462. The fraction of sp³-hybridized carbons (Fsp3) is 0.500. The molecule has 0 bridgehead atoms. The molecule has 84 valence electrons. The summed E-state index contributed by atoms with van der Waals surface area (Å²) in [5.74, 6) is 0.823. The first-order valence-electron chi connectivity index (χ1n) is 5.11. The van der Waals surface area contributed by atoms with E-state index in [0.29, 0.717) is 13.2 Å². The van der Waals surface area contributed by atoms with Gasteiger partial charge in [0.05, 0.1) is 19.3 Å². The molecule has 15 heavy (non-hydrogen) atoms. The lowest BCUT2D eigenvalue weighted by molar-refractivity contribution is 0.178. The summed E-state index contributed by atoms with van der Waals surface area (Å²) >= 11 is 0. The van der Waals surface area contributed by atoms with E-state index in [1.54, 1.807) is 14.0 Å². The van der Waals surface area contributed by atoms with Crippen molar-refractivity contribution in [3.63, 3.8) is 0 Å². The monoisotopic (exact) mass is 210 g/mol. The van der Waals surface area contributed by atoms with Crippen molar-refractivity contribution in [1.29, 1.82) is 0 Å². The average Bonchev–Trinajstić information content (AvgIpc) is 2.21. The predicted molar refractivity (Wildman–Crippen MR) is 59.0 cm³/mol. The lowest BCUT2D eigenvalue weighted by Gasteiger charge is -2.12. The molecule has 1 unspecified atom stereocenters. The molecule has 0 saturated carbocycles. The molecule has 3 nitrogen and oxygen atoms in total. The van der Waals surface area contributed by atoms with Crippen LogP contribution in [-0.2, 0) is 11.3 Å². The maximum atomic E-state index is 9.46. The average molecular weight is 210 g/mol. The molecule has 0 aromatic heterocycles. The van der Waals surface area contributed by atoms with E-state index >= 15 is 0 Å². The summed E-state index contributed by atoms with van der Waals surface area (Å²) in [7, 11) is 1.64. The predicted octanol–water partition coefficient (Wildman–Crippen LogP) is 2.29. The maximum Gasteiger partial charge on any atom is 0.124 e. The van der Waals surface area contributed by atoms with E-state index in [-0.39, 0.29) is 0 Å². The van der Waals surface area contributed by atoms with E-state index in [2.05, 4.69) is 0 Å². The topological polar surface area (TPSA) is 38.7 Å². The first kappa shape index (κ1) is 12.0. The van der Waals surface area contributed by atoms with E-state index < -0.39 is 6.10 Å². The molecule has 1 atom stereocenters. The van der Waals surface area contributed by atoms with Crippen LogP contribution in [0.2, 0.25) is 0 Å². The molecule has 0 radical (unpaired) electrons. The van der Waals surface area contributed by atoms with Crippen LogP contribution in [0.5, 0.6) is 5.75 Å². The molecular formula is C12H18O3. The molecule has 0 amide bonds. The Labute approximate surface area is 90.6 Å². The number of aliphatic hydroxyl groups is 1. The molecule has 0 heterocycles. The zero-order chi connectivity index (χ0) is 11.3. The Morgan fingerprint density at radius 1 is 1.40 bits per heavy atom. The van der Waals surface area contributed by atoms with Crippen molar-refractivity contribution in [2.45, 2.75) is 26.6 Å². The van der Waals surface area contributed by atoms with Crippen molar-refractivity contribution in [3.8, 4) is 5.75 Å².